The van der Waals surface area contributed by atoms with Crippen molar-refractivity contribution in [2.75, 3.05) is 7.11 Å². The van der Waals surface area contributed by atoms with Gasteiger partial charge >= 0.3 is 5.97 Å². The maximum Gasteiger partial charge on any atom is 0.337 e. The van der Waals surface area contributed by atoms with Crippen LogP contribution in [0.3, 0.4) is 0 Å². The van der Waals surface area contributed by atoms with Crippen LogP contribution in [0.4, 0.5) is 0 Å². The van der Waals surface area contributed by atoms with E-state index in [9.17, 15) is 4.79 Å². The lowest BCUT2D eigenvalue weighted by molar-refractivity contribution is 0.0600. The lowest BCUT2D eigenvalue weighted by Gasteiger charge is -2.26. The molecule has 1 aliphatic carbocycles. The predicted octanol–water partition coefficient (Wildman–Crippen LogP) is 3.51. The Morgan fingerprint density at radius 3 is 2.68 bits per heavy atom. The SMILES string of the molecule is COC(=O)c1ccc(CNC(C)(C)C2CC2)c(Br)c1. The van der Waals surface area contributed by atoms with Crippen molar-refractivity contribution in [2.45, 2.75) is 38.8 Å². The van der Waals surface area contributed by atoms with E-state index in [1.54, 1.807) is 6.07 Å². The summed E-state index contributed by atoms with van der Waals surface area (Å²) in [5.41, 5.74) is 1.90. The Kier molecular flexibility index (Phi) is 4.31. The Balaban J connectivity index is 2.03. The van der Waals surface area contributed by atoms with Gasteiger partial charge in [0.1, 0.15) is 0 Å². The molecule has 1 saturated carbocycles. The van der Waals surface area contributed by atoms with Gasteiger partial charge in [-0.15, -0.1) is 0 Å². The van der Waals surface area contributed by atoms with Gasteiger partial charge in [-0.2, -0.15) is 0 Å². The van der Waals surface area contributed by atoms with E-state index in [2.05, 4.69) is 35.1 Å². The molecular formula is C15H20BrNO2. The van der Waals surface area contributed by atoms with Crippen molar-refractivity contribution in [3.05, 3.63) is 33.8 Å². The third-order valence-corrected chi connectivity index (χ3v) is 4.54. The van der Waals surface area contributed by atoms with Crippen LogP contribution >= 0.6 is 15.9 Å². The number of esters is 1. The minimum atomic E-state index is -0.307. The average Bonchev–Trinajstić information content (AvgIpc) is 3.21. The number of ether oxygens (including phenoxy) is 1. The van der Waals surface area contributed by atoms with Gasteiger partial charge < -0.3 is 10.1 Å². The number of carbonyl (C=O) groups is 1. The predicted molar refractivity (Wildman–Crippen MR) is 79.1 cm³/mol. The lowest BCUT2D eigenvalue weighted by Crippen LogP contribution is -2.40. The second-order valence-electron chi connectivity index (χ2n) is 5.65. The van der Waals surface area contributed by atoms with Crippen LogP contribution in [0, 0.1) is 5.92 Å². The largest absolute Gasteiger partial charge is 0.465 e. The Labute approximate surface area is 122 Å². The summed E-state index contributed by atoms with van der Waals surface area (Å²) in [6.07, 6.45) is 2.64. The van der Waals surface area contributed by atoms with E-state index in [-0.39, 0.29) is 11.5 Å². The third kappa shape index (κ3) is 3.57. The maximum absolute atomic E-state index is 11.4. The van der Waals surface area contributed by atoms with Crippen LogP contribution in [-0.4, -0.2) is 18.6 Å². The molecule has 1 aromatic carbocycles. The van der Waals surface area contributed by atoms with Crippen molar-refractivity contribution >= 4 is 21.9 Å². The number of nitrogens with one attached hydrogen (secondary N) is 1. The topological polar surface area (TPSA) is 38.3 Å². The molecule has 0 atom stereocenters. The van der Waals surface area contributed by atoms with Gasteiger partial charge in [-0.25, -0.2) is 4.79 Å². The third-order valence-electron chi connectivity index (χ3n) is 3.81. The first-order chi connectivity index (χ1) is 8.94. The highest BCUT2D eigenvalue weighted by molar-refractivity contribution is 9.10. The molecule has 0 amide bonds. The summed E-state index contributed by atoms with van der Waals surface area (Å²) >= 11 is 3.52. The summed E-state index contributed by atoms with van der Waals surface area (Å²) in [5, 5.41) is 3.59. The molecule has 0 aromatic heterocycles. The van der Waals surface area contributed by atoms with Crippen LogP contribution in [0.15, 0.2) is 22.7 Å². The molecule has 0 radical (unpaired) electrons. The molecule has 104 valence electrons. The first-order valence-electron chi connectivity index (χ1n) is 6.56. The molecule has 3 nitrogen and oxygen atoms in total. The highest BCUT2D eigenvalue weighted by atomic mass is 79.9. The van der Waals surface area contributed by atoms with E-state index >= 15 is 0 Å². The molecule has 0 bridgehead atoms. The zero-order chi connectivity index (χ0) is 14.0. The Morgan fingerprint density at radius 1 is 1.47 bits per heavy atom. The smallest absolute Gasteiger partial charge is 0.337 e. The van der Waals surface area contributed by atoms with Crippen molar-refractivity contribution in [3.8, 4) is 0 Å². The van der Waals surface area contributed by atoms with Gasteiger partial charge in [-0.3, -0.25) is 0 Å². The van der Waals surface area contributed by atoms with E-state index in [4.69, 9.17) is 4.74 Å². The number of halogens is 1. The molecule has 0 saturated heterocycles. The van der Waals surface area contributed by atoms with Gasteiger partial charge in [-0.1, -0.05) is 22.0 Å². The minimum Gasteiger partial charge on any atom is -0.465 e. The molecule has 0 spiro atoms. The molecule has 1 fully saturated rings. The van der Waals surface area contributed by atoms with E-state index in [0.717, 1.165) is 22.5 Å². The van der Waals surface area contributed by atoms with Crippen molar-refractivity contribution < 1.29 is 9.53 Å². The molecular weight excluding hydrogens is 306 g/mol. The van der Waals surface area contributed by atoms with Gasteiger partial charge in [0.25, 0.3) is 0 Å². The standard InChI is InChI=1S/C15H20BrNO2/c1-15(2,12-6-7-12)17-9-11-5-4-10(8-13(11)16)14(18)19-3/h4-5,8,12,17H,6-7,9H2,1-3H3. The maximum atomic E-state index is 11.4. The monoisotopic (exact) mass is 325 g/mol. The number of rotatable bonds is 5. The summed E-state index contributed by atoms with van der Waals surface area (Å²) in [6, 6.07) is 5.58. The van der Waals surface area contributed by atoms with E-state index in [1.807, 2.05) is 12.1 Å². The molecule has 1 aliphatic rings. The highest BCUT2D eigenvalue weighted by Crippen LogP contribution is 2.39. The molecule has 1 aromatic rings. The summed E-state index contributed by atoms with van der Waals surface area (Å²) < 4.78 is 5.65. The second-order valence-corrected chi connectivity index (χ2v) is 6.50. The first kappa shape index (κ1) is 14.5. The highest BCUT2D eigenvalue weighted by Gasteiger charge is 2.37. The fourth-order valence-electron chi connectivity index (χ4n) is 2.21. The van der Waals surface area contributed by atoms with Gasteiger partial charge in [0.15, 0.2) is 0 Å². The minimum absolute atomic E-state index is 0.181. The Bertz CT molecular complexity index is 481. The molecule has 0 heterocycles. The van der Waals surface area contributed by atoms with Crippen molar-refractivity contribution in [1.82, 2.24) is 5.32 Å². The van der Waals surface area contributed by atoms with Crippen LogP contribution < -0.4 is 5.32 Å². The van der Waals surface area contributed by atoms with Gasteiger partial charge in [0.2, 0.25) is 0 Å². The van der Waals surface area contributed by atoms with Crippen LogP contribution in [0.25, 0.3) is 0 Å². The number of hydrogen-bond donors (Lipinski definition) is 1. The lowest BCUT2D eigenvalue weighted by atomic mass is 9.98. The summed E-state index contributed by atoms with van der Waals surface area (Å²) in [7, 11) is 1.39. The number of benzene rings is 1. The van der Waals surface area contributed by atoms with Crippen molar-refractivity contribution in [1.29, 1.82) is 0 Å². The van der Waals surface area contributed by atoms with Gasteiger partial charge in [-0.05, 0) is 50.3 Å². The van der Waals surface area contributed by atoms with Crippen molar-refractivity contribution in [3.63, 3.8) is 0 Å². The molecule has 1 N–H and O–H groups in total. The van der Waals surface area contributed by atoms with E-state index < -0.39 is 0 Å². The van der Waals surface area contributed by atoms with Gasteiger partial charge in [0, 0.05) is 16.6 Å². The summed E-state index contributed by atoms with van der Waals surface area (Å²) in [5.74, 6) is 0.485. The molecule has 0 unspecified atom stereocenters. The molecule has 2 rings (SSSR count). The molecule has 4 heteroatoms. The Hall–Kier alpha value is -0.870. The molecule has 19 heavy (non-hydrogen) atoms. The second kappa shape index (κ2) is 5.63. The van der Waals surface area contributed by atoms with Crippen LogP contribution in [0.1, 0.15) is 42.6 Å². The quantitative estimate of drug-likeness (QED) is 0.842. The zero-order valence-electron chi connectivity index (χ0n) is 11.6. The van der Waals surface area contributed by atoms with Crippen LogP contribution in [-0.2, 0) is 11.3 Å². The van der Waals surface area contributed by atoms with Crippen molar-refractivity contribution in [2.24, 2.45) is 5.92 Å². The fourth-order valence-corrected chi connectivity index (χ4v) is 2.73. The van der Waals surface area contributed by atoms with Gasteiger partial charge in [0.05, 0.1) is 12.7 Å². The summed E-state index contributed by atoms with van der Waals surface area (Å²) in [6.45, 7) is 5.30. The average molecular weight is 326 g/mol. The zero-order valence-corrected chi connectivity index (χ0v) is 13.2. The van der Waals surface area contributed by atoms with Crippen LogP contribution in [0.2, 0.25) is 0 Å². The first-order valence-corrected chi connectivity index (χ1v) is 7.35. The van der Waals surface area contributed by atoms with E-state index in [1.165, 1.54) is 20.0 Å². The Morgan fingerprint density at radius 2 is 2.16 bits per heavy atom. The normalized spacial score (nSPS) is 15.4. The van der Waals surface area contributed by atoms with E-state index in [0.29, 0.717) is 5.56 Å². The number of carbonyl (C=O) groups excluding carboxylic acids is 1. The number of methoxy groups -OCH3 is 1. The summed E-state index contributed by atoms with van der Waals surface area (Å²) in [4.78, 5) is 11.4. The fraction of sp³-hybridized carbons (Fsp3) is 0.533. The van der Waals surface area contributed by atoms with Crippen LogP contribution in [0.5, 0.6) is 0 Å². The molecule has 0 aliphatic heterocycles. The number of hydrogen-bond acceptors (Lipinski definition) is 3.